The Morgan fingerprint density at radius 2 is 2.24 bits per heavy atom. The zero-order valence-corrected chi connectivity index (χ0v) is 13.0. The number of rotatable bonds is 4. The molecule has 0 saturated carbocycles. The van der Waals surface area contributed by atoms with E-state index in [1.165, 1.54) is 11.0 Å². The highest BCUT2D eigenvalue weighted by Crippen LogP contribution is 2.34. The van der Waals surface area contributed by atoms with Crippen molar-refractivity contribution in [1.29, 1.82) is 0 Å². The Bertz CT molecular complexity index is 560. The summed E-state index contributed by atoms with van der Waals surface area (Å²) in [5, 5.41) is 9.38. The smallest absolute Gasteiger partial charge is 0.410 e. The highest BCUT2D eigenvalue weighted by molar-refractivity contribution is 9.10. The summed E-state index contributed by atoms with van der Waals surface area (Å²) in [6.45, 7) is 4.09. The molecular weight excluding hydrogens is 338 g/mol. The Balaban J connectivity index is 2.18. The van der Waals surface area contributed by atoms with Gasteiger partial charge in [-0.1, -0.05) is 40.7 Å². The van der Waals surface area contributed by atoms with Gasteiger partial charge in [-0.05, 0) is 17.7 Å². The number of carboxylic acid groups (broad SMARTS) is 1. The SMILES string of the molecule is C=CCOC(=O)N1C[C@@H](C(=O)O)[C@H](c2cccc(Br)c2)C1. The first-order valence-electron chi connectivity index (χ1n) is 6.53. The molecule has 6 heteroatoms. The monoisotopic (exact) mass is 353 g/mol. The second-order valence-electron chi connectivity index (χ2n) is 4.88. The predicted molar refractivity (Wildman–Crippen MR) is 81.1 cm³/mol. The van der Waals surface area contributed by atoms with Crippen molar-refractivity contribution in [1.82, 2.24) is 4.90 Å². The summed E-state index contributed by atoms with van der Waals surface area (Å²) in [6, 6.07) is 7.50. The van der Waals surface area contributed by atoms with Crippen LogP contribution in [0.4, 0.5) is 4.79 Å². The van der Waals surface area contributed by atoms with Crippen LogP contribution in [-0.4, -0.2) is 41.8 Å². The number of nitrogens with zero attached hydrogens (tertiary/aromatic N) is 1. The van der Waals surface area contributed by atoms with Gasteiger partial charge in [0.2, 0.25) is 0 Å². The fourth-order valence-electron chi connectivity index (χ4n) is 2.50. The van der Waals surface area contributed by atoms with Gasteiger partial charge in [0, 0.05) is 23.5 Å². The van der Waals surface area contributed by atoms with Crippen molar-refractivity contribution < 1.29 is 19.4 Å². The molecule has 0 bridgehead atoms. The zero-order chi connectivity index (χ0) is 15.4. The first-order valence-corrected chi connectivity index (χ1v) is 7.33. The maximum atomic E-state index is 11.9. The molecule has 2 atom stereocenters. The Hall–Kier alpha value is -1.82. The fraction of sp³-hybridized carbons (Fsp3) is 0.333. The number of likely N-dealkylation sites (tertiary alicyclic amines) is 1. The summed E-state index contributed by atoms with van der Waals surface area (Å²) >= 11 is 3.38. The Labute approximate surface area is 131 Å². The molecule has 1 aliphatic heterocycles. The minimum Gasteiger partial charge on any atom is -0.481 e. The average Bonchev–Trinajstić information content (AvgIpc) is 2.90. The molecule has 0 aromatic heterocycles. The summed E-state index contributed by atoms with van der Waals surface area (Å²) in [6.07, 6.45) is 0.979. The molecule has 0 radical (unpaired) electrons. The van der Waals surface area contributed by atoms with Crippen molar-refractivity contribution in [2.75, 3.05) is 19.7 Å². The van der Waals surface area contributed by atoms with Crippen molar-refractivity contribution in [2.24, 2.45) is 5.92 Å². The lowest BCUT2D eigenvalue weighted by Gasteiger charge is -2.16. The number of carbonyl (C=O) groups is 2. The largest absolute Gasteiger partial charge is 0.481 e. The van der Waals surface area contributed by atoms with Gasteiger partial charge >= 0.3 is 12.1 Å². The van der Waals surface area contributed by atoms with Crippen LogP contribution in [0.5, 0.6) is 0 Å². The maximum Gasteiger partial charge on any atom is 0.410 e. The van der Waals surface area contributed by atoms with E-state index in [2.05, 4.69) is 22.5 Å². The first-order chi connectivity index (χ1) is 10.0. The minimum absolute atomic E-state index is 0.120. The van der Waals surface area contributed by atoms with Crippen molar-refractivity contribution >= 4 is 28.0 Å². The Kier molecular flexibility index (Phi) is 5.01. The van der Waals surface area contributed by atoms with Gasteiger partial charge in [-0.15, -0.1) is 0 Å². The standard InChI is InChI=1S/C15H16BrNO4/c1-2-6-21-15(20)17-8-12(13(9-17)14(18)19)10-4-3-5-11(16)7-10/h2-5,7,12-13H,1,6,8-9H2,(H,18,19)/t12-,13+/m0/s1. The van der Waals surface area contributed by atoms with Crippen LogP contribution in [0, 0.1) is 5.92 Å². The van der Waals surface area contributed by atoms with Crippen LogP contribution in [-0.2, 0) is 9.53 Å². The second-order valence-corrected chi connectivity index (χ2v) is 5.79. The third-order valence-electron chi connectivity index (χ3n) is 3.50. The number of carboxylic acids is 1. The van der Waals surface area contributed by atoms with Gasteiger partial charge in [0.15, 0.2) is 0 Å². The summed E-state index contributed by atoms with van der Waals surface area (Å²) in [5.74, 6) is -1.77. The van der Waals surface area contributed by atoms with Crippen LogP contribution < -0.4 is 0 Å². The van der Waals surface area contributed by atoms with Gasteiger partial charge in [-0.3, -0.25) is 4.79 Å². The number of halogens is 1. The lowest BCUT2D eigenvalue weighted by atomic mass is 9.89. The highest BCUT2D eigenvalue weighted by Gasteiger charge is 2.41. The van der Waals surface area contributed by atoms with E-state index in [-0.39, 0.29) is 19.1 Å². The van der Waals surface area contributed by atoms with Crippen LogP contribution in [0.1, 0.15) is 11.5 Å². The number of benzene rings is 1. The number of aliphatic carboxylic acids is 1. The van der Waals surface area contributed by atoms with Gasteiger partial charge < -0.3 is 14.7 Å². The Morgan fingerprint density at radius 3 is 2.86 bits per heavy atom. The third kappa shape index (κ3) is 3.64. The predicted octanol–water partition coefficient (Wildman–Crippen LogP) is 2.87. The van der Waals surface area contributed by atoms with E-state index in [9.17, 15) is 14.7 Å². The van der Waals surface area contributed by atoms with E-state index in [1.54, 1.807) is 0 Å². The zero-order valence-electron chi connectivity index (χ0n) is 11.4. The van der Waals surface area contributed by atoms with Gasteiger partial charge in [-0.2, -0.15) is 0 Å². The fourth-order valence-corrected chi connectivity index (χ4v) is 2.92. The number of amides is 1. The minimum atomic E-state index is -0.904. The lowest BCUT2D eigenvalue weighted by Crippen LogP contribution is -2.30. The molecule has 5 nitrogen and oxygen atoms in total. The quantitative estimate of drug-likeness (QED) is 0.845. The van der Waals surface area contributed by atoms with Gasteiger partial charge in [0.05, 0.1) is 5.92 Å². The molecule has 1 N–H and O–H groups in total. The van der Waals surface area contributed by atoms with Crippen molar-refractivity contribution in [3.05, 3.63) is 47.0 Å². The van der Waals surface area contributed by atoms with Crippen LogP contribution in [0.3, 0.4) is 0 Å². The number of hydrogen-bond donors (Lipinski definition) is 1. The molecule has 2 rings (SSSR count). The molecule has 1 aliphatic rings. The molecule has 0 spiro atoms. The molecule has 1 amide bonds. The summed E-state index contributed by atoms with van der Waals surface area (Å²) < 4.78 is 5.86. The van der Waals surface area contributed by atoms with Gasteiger partial charge in [-0.25, -0.2) is 4.79 Å². The molecule has 21 heavy (non-hydrogen) atoms. The van der Waals surface area contributed by atoms with Crippen molar-refractivity contribution in [2.45, 2.75) is 5.92 Å². The van der Waals surface area contributed by atoms with E-state index in [4.69, 9.17) is 4.74 Å². The Morgan fingerprint density at radius 1 is 1.48 bits per heavy atom. The van der Waals surface area contributed by atoms with Crippen LogP contribution in [0.25, 0.3) is 0 Å². The number of ether oxygens (including phenoxy) is 1. The maximum absolute atomic E-state index is 11.9. The van der Waals surface area contributed by atoms with Gasteiger partial charge in [0.1, 0.15) is 6.61 Å². The first kappa shape index (κ1) is 15.6. The van der Waals surface area contributed by atoms with Crippen LogP contribution in [0.15, 0.2) is 41.4 Å². The molecule has 1 fully saturated rings. The molecule has 1 saturated heterocycles. The second kappa shape index (κ2) is 6.76. The average molecular weight is 354 g/mol. The molecule has 112 valence electrons. The van der Waals surface area contributed by atoms with Crippen LogP contribution >= 0.6 is 15.9 Å². The van der Waals surface area contributed by atoms with E-state index < -0.39 is 18.0 Å². The lowest BCUT2D eigenvalue weighted by molar-refractivity contribution is -0.141. The van der Waals surface area contributed by atoms with Crippen molar-refractivity contribution in [3.8, 4) is 0 Å². The molecule has 1 aromatic carbocycles. The third-order valence-corrected chi connectivity index (χ3v) is 3.99. The molecule has 0 aliphatic carbocycles. The van der Waals surface area contributed by atoms with Crippen LogP contribution in [0.2, 0.25) is 0 Å². The summed E-state index contributed by atoms with van der Waals surface area (Å²) in [4.78, 5) is 24.8. The molecular formula is C15H16BrNO4. The summed E-state index contributed by atoms with van der Waals surface area (Å²) in [7, 11) is 0. The van der Waals surface area contributed by atoms with E-state index >= 15 is 0 Å². The number of carbonyl (C=O) groups excluding carboxylic acids is 1. The molecule has 0 unspecified atom stereocenters. The van der Waals surface area contributed by atoms with Crippen molar-refractivity contribution in [3.63, 3.8) is 0 Å². The normalized spacial score (nSPS) is 21.1. The molecule has 1 aromatic rings. The molecule has 1 heterocycles. The van der Waals surface area contributed by atoms with Gasteiger partial charge in [0.25, 0.3) is 0 Å². The van der Waals surface area contributed by atoms with E-state index in [1.807, 2.05) is 24.3 Å². The van der Waals surface area contributed by atoms with E-state index in [0.717, 1.165) is 10.0 Å². The summed E-state index contributed by atoms with van der Waals surface area (Å²) in [5.41, 5.74) is 0.899. The highest BCUT2D eigenvalue weighted by atomic mass is 79.9. The van der Waals surface area contributed by atoms with E-state index in [0.29, 0.717) is 6.54 Å². The number of hydrogen-bond acceptors (Lipinski definition) is 3. The topological polar surface area (TPSA) is 66.8 Å².